The van der Waals surface area contributed by atoms with Gasteiger partial charge in [-0.15, -0.1) is 0 Å². The van der Waals surface area contributed by atoms with Gasteiger partial charge in [0.1, 0.15) is 6.04 Å². The zero-order chi connectivity index (χ0) is 21.5. The predicted molar refractivity (Wildman–Crippen MR) is 111 cm³/mol. The number of amides is 1. The van der Waals surface area contributed by atoms with E-state index in [1.807, 2.05) is 44.2 Å². The van der Waals surface area contributed by atoms with Gasteiger partial charge in [-0.25, -0.2) is 0 Å². The van der Waals surface area contributed by atoms with E-state index in [1.54, 1.807) is 12.1 Å². The van der Waals surface area contributed by atoms with Crippen LogP contribution in [0.1, 0.15) is 44.2 Å². The Morgan fingerprint density at radius 3 is 2.67 bits per heavy atom. The molecule has 0 aliphatic heterocycles. The van der Waals surface area contributed by atoms with Gasteiger partial charge in [-0.3, -0.25) is 14.9 Å². The fourth-order valence-electron chi connectivity index (χ4n) is 3.07. The largest absolute Gasteiger partial charge is 0.344 e. The lowest BCUT2D eigenvalue weighted by atomic mass is 9.98. The van der Waals surface area contributed by atoms with Gasteiger partial charge >= 0.3 is 0 Å². The van der Waals surface area contributed by atoms with Gasteiger partial charge in [0.15, 0.2) is 0 Å². The number of hydrogen-bond acceptors (Lipinski definition) is 6. The summed E-state index contributed by atoms with van der Waals surface area (Å²) in [6.07, 6.45) is 1.80. The summed E-state index contributed by atoms with van der Waals surface area (Å²) in [5.74, 6) is 0.516. The first-order chi connectivity index (χ1) is 14.5. The maximum atomic E-state index is 12.5. The van der Waals surface area contributed by atoms with Crippen molar-refractivity contribution in [1.82, 2.24) is 15.5 Å². The van der Waals surface area contributed by atoms with E-state index in [-0.39, 0.29) is 23.3 Å². The summed E-state index contributed by atoms with van der Waals surface area (Å²) in [4.78, 5) is 27.5. The molecular weight excluding hydrogens is 384 g/mol. The van der Waals surface area contributed by atoms with Gasteiger partial charge in [-0.2, -0.15) is 4.98 Å². The minimum atomic E-state index is -0.473. The standard InChI is InChI=1S/C22H24N4O4/c1-3-15(2)20(23-19(27)13-12-16-8-5-4-6-9-16)22-24-21(25-30-22)17-10-7-11-18(14-17)26(28)29/h4-11,14-15,20H,3,12-13H2,1-2H3,(H,23,27)/t15-,20-/m1/s1. The van der Waals surface area contributed by atoms with Crippen molar-refractivity contribution in [2.45, 2.75) is 39.2 Å². The molecule has 2 aromatic carbocycles. The number of aryl methyl sites for hydroxylation is 1. The first-order valence-electron chi connectivity index (χ1n) is 9.89. The number of aromatic nitrogens is 2. The van der Waals surface area contributed by atoms with Crippen LogP contribution in [0.2, 0.25) is 0 Å². The Kier molecular flexibility index (Phi) is 6.90. The highest BCUT2D eigenvalue weighted by Gasteiger charge is 2.26. The first kappa shape index (κ1) is 21.2. The maximum Gasteiger partial charge on any atom is 0.270 e. The van der Waals surface area contributed by atoms with Crippen molar-refractivity contribution in [3.05, 3.63) is 76.2 Å². The molecule has 1 aromatic heterocycles. The van der Waals surface area contributed by atoms with Gasteiger partial charge in [-0.1, -0.05) is 67.9 Å². The summed E-state index contributed by atoms with van der Waals surface area (Å²) >= 11 is 0. The predicted octanol–water partition coefficient (Wildman–Crippen LogP) is 4.48. The van der Waals surface area contributed by atoms with Gasteiger partial charge in [0, 0.05) is 24.1 Å². The van der Waals surface area contributed by atoms with E-state index in [0.717, 1.165) is 12.0 Å². The smallest absolute Gasteiger partial charge is 0.270 e. The first-order valence-corrected chi connectivity index (χ1v) is 9.89. The number of hydrogen-bond donors (Lipinski definition) is 1. The monoisotopic (exact) mass is 408 g/mol. The summed E-state index contributed by atoms with van der Waals surface area (Å²) in [5, 5.41) is 18.0. The quantitative estimate of drug-likeness (QED) is 0.413. The second-order valence-electron chi connectivity index (χ2n) is 7.18. The van der Waals surface area contributed by atoms with Crippen LogP contribution in [0.4, 0.5) is 5.69 Å². The molecule has 1 amide bonds. The van der Waals surface area contributed by atoms with E-state index in [1.165, 1.54) is 12.1 Å². The van der Waals surface area contributed by atoms with Crippen molar-refractivity contribution >= 4 is 11.6 Å². The molecule has 0 aliphatic rings. The third-order valence-corrected chi connectivity index (χ3v) is 5.04. The Balaban J connectivity index is 1.73. The van der Waals surface area contributed by atoms with Crippen LogP contribution in [0, 0.1) is 16.0 Å². The van der Waals surface area contributed by atoms with Crippen LogP contribution in [-0.2, 0) is 11.2 Å². The van der Waals surface area contributed by atoms with Gasteiger partial charge in [0.2, 0.25) is 17.6 Å². The highest BCUT2D eigenvalue weighted by Crippen LogP contribution is 2.27. The van der Waals surface area contributed by atoms with Crippen molar-refractivity contribution in [2.75, 3.05) is 0 Å². The Morgan fingerprint density at radius 2 is 1.97 bits per heavy atom. The number of carbonyl (C=O) groups is 1. The molecule has 0 saturated heterocycles. The Hall–Kier alpha value is -3.55. The summed E-state index contributed by atoms with van der Waals surface area (Å²) < 4.78 is 5.42. The summed E-state index contributed by atoms with van der Waals surface area (Å²) in [6, 6.07) is 15.4. The number of nitrogens with zero attached hydrogens (tertiary/aromatic N) is 3. The molecule has 8 nitrogen and oxygen atoms in total. The second kappa shape index (κ2) is 9.78. The average Bonchev–Trinajstić information content (AvgIpc) is 3.26. The minimum Gasteiger partial charge on any atom is -0.344 e. The lowest BCUT2D eigenvalue weighted by molar-refractivity contribution is -0.384. The maximum absolute atomic E-state index is 12.5. The zero-order valence-electron chi connectivity index (χ0n) is 16.9. The average molecular weight is 408 g/mol. The van der Waals surface area contributed by atoms with E-state index >= 15 is 0 Å². The summed E-state index contributed by atoms with van der Waals surface area (Å²) in [6.45, 7) is 4.02. The van der Waals surface area contributed by atoms with Gasteiger partial charge in [-0.05, 0) is 17.9 Å². The lowest BCUT2D eigenvalue weighted by Gasteiger charge is -2.20. The van der Waals surface area contributed by atoms with Crippen LogP contribution >= 0.6 is 0 Å². The molecule has 0 spiro atoms. The molecule has 3 aromatic rings. The molecule has 8 heteroatoms. The number of nitrogens with one attached hydrogen (secondary N) is 1. The molecule has 0 radical (unpaired) electrons. The molecule has 0 unspecified atom stereocenters. The number of benzene rings is 2. The molecule has 0 aliphatic carbocycles. The van der Waals surface area contributed by atoms with Crippen LogP contribution in [0.15, 0.2) is 59.1 Å². The third kappa shape index (κ3) is 5.28. The van der Waals surface area contributed by atoms with Gasteiger partial charge < -0.3 is 9.84 Å². The topological polar surface area (TPSA) is 111 Å². The SMILES string of the molecule is CC[C@@H](C)[C@@H](NC(=O)CCc1ccccc1)c1nc(-c2cccc([N+](=O)[O-])c2)no1. The van der Waals surface area contributed by atoms with Crippen molar-refractivity contribution in [3.8, 4) is 11.4 Å². The number of rotatable bonds is 9. The van der Waals surface area contributed by atoms with Crippen molar-refractivity contribution in [1.29, 1.82) is 0 Å². The van der Waals surface area contributed by atoms with E-state index < -0.39 is 11.0 Å². The Morgan fingerprint density at radius 1 is 1.20 bits per heavy atom. The molecule has 0 fully saturated rings. The molecular formula is C22H24N4O4. The van der Waals surface area contributed by atoms with Crippen molar-refractivity contribution in [2.24, 2.45) is 5.92 Å². The van der Waals surface area contributed by atoms with Gasteiger partial charge in [0.25, 0.3) is 5.69 Å². The molecule has 1 heterocycles. The molecule has 2 atom stereocenters. The Labute approximate surface area is 174 Å². The molecule has 0 bridgehead atoms. The number of nitro groups is 1. The summed E-state index contributed by atoms with van der Waals surface area (Å²) in [7, 11) is 0. The molecule has 30 heavy (non-hydrogen) atoms. The van der Waals surface area contributed by atoms with E-state index in [2.05, 4.69) is 15.5 Å². The van der Waals surface area contributed by atoms with Crippen LogP contribution in [-0.4, -0.2) is 21.0 Å². The number of carbonyl (C=O) groups excluding carboxylic acids is 1. The molecule has 1 N–H and O–H groups in total. The van der Waals surface area contributed by atoms with Crippen LogP contribution < -0.4 is 5.32 Å². The Bertz CT molecular complexity index is 1000. The lowest BCUT2D eigenvalue weighted by Crippen LogP contribution is -2.32. The van der Waals surface area contributed by atoms with E-state index in [9.17, 15) is 14.9 Å². The summed E-state index contributed by atoms with van der Waals surface area (Å²) in [5.41, 5.74) is 1.53. The zero-order valence-corrected chi connectivity index (χ0v) is 16.9. The highest BCUT2D eigenvalue weighted by atomic mass is 16.6. The molecule has 0 saturated carbocycles. The minimum absolute atomic E-state index is 0.0495. The van der Waals surface area contributed by atoms with Gasteiger partial charge in [0.05, 0.1) is 4.92 Å². The van der Waals surface area contributed by atoms with Crippen LogP contribution in [0.5, 0.6) is 0 Å². The van der Waals surface area contributed by atoms with E-state index in [0.29, 0.717) is 24.3 Å². The normalized spacial score (nSPS) is 12.9. The van der Waals surface area contributed by atoms with Crippen LogP contribution in [0.25, 0.3) is 11.4 Å². The highest BCUT2D eigenvalue weighted by molar-refractivity contribution is 5.76. The van der Waals surface area contributed by atoms with Crippen LogP contribution in [0.3, 0.4) is 0 Å². The van der Waals surface area contributed by atoms with Crippen molar-refractivity contribution < 1.29 is 14.2 Å². The molecule has 3 rings (SSSR count). The van der Waals surface area contributed by atoms with Crippen molar-refractivity contribution in [3.63, 3.8) is 0 Å². The van der Waals surface area contributed by atoms with E-state index in [4.69, 9.17) is 4.52 Å². The number of nitro benzene ring substituents is 1. The second-order valence-corrected chi connectivity index (χ2v) is 7.18. The third-order valence-electron chi connectivity index (χ3n) is 5.04. The fraction of sp³-hybridized carbons (Fsp3) is 0.318. The number of non-ortho nitro benzene ring substituents is 1. The molecule has 156 valence electrons. The fourth-order valence-corrected chi connectivity index (χ4v) is 3.07.